The standard InChI is InChI=1S/C18H26N2O3/c21-18(8-7-15-4-3-11-23-14-15)19-16-5-1-2-6-17(16)20-9-12-22-13-10-20/h1-2,5-6,15H,3-4,7-14H2,(H,19,21). The minimum absolute atomic E-state index is 0.0938. The van der Waals surface area contributed by atoms with Crippen molar-refractivity contribution in [2.24, 2.45) is 5.92 Å². The van der Waals surface area contributed by atoms with Crippen molar-refractivity contribution >= 4 is 17.3 Å². The number of para-hydroxylation sites is 2. The Morgan fingerprint density at radius 2 is 2.00 bits per heavy atom. The number of carbonyl (C=O) groups is 1. The number of nitrogens with zero attached hydrogens (tertiary/aromatic N) is 1. The van der Waals surface area contributed by atoms with Gasteiger partial charge in [-0.25, -0.2) is 0 Å². The van der Waals surface area contributed by atoms with Gasteiger partial charge in [0, 0.05) is 32.7 Å². The summed E-state index contributed by atoms with van der Waals surface area (Å²) in [5, 5.41) is 3.09. The first-order valence-electron chi connectivity index (χ1n) is 8.62. The zero-order valence-corrected chi connectivity index (χ0v) is 13.6. The summed E-state index contributed by atoms with van der Waals surface area (Å²) in [5.41, 5.74) is 1.99. The highest BCUT2D eigenvalue weighted by atomic mass is 16.5. The summed E-state index contributed by atoms with van der Waals surface area (Å²) >= 11 is 0. The lowest BCUT2D eigenvalue weighted by atomic mass is 9.97. The van der Waals surface area contributed by atoms with E-state index in [2.05, 4.69) is 16.3 Å². The second kappa shape index (κ2) is 8.31. The van der Waals surface area contributed by atoms with Crippen LogP contribution in [0, 0.1) is 5.92 Å². The Hall–Kier alpha value is -1.59. The first-order valence-corrected chi connectivity index (χ1v) is 8.62. The molecule has 1 amide bonds. The first-order chi connectivity index (χ1) is 11.3. The monoisotopic (exact) mass is 318 g/mol. The van der Waals surface area contributed by atoms with Crippen LogP contribution in [0.15, 0.2) is 24.3 Å². The molecule has 2 fully saturated rings. The number of nitrogens with one attached hydrogen (secondary N) is 1. The fourth-order valence-corrected chi connectivity index (χ4v) is 3.24. The molecule has 1 aromatic carbocycles. The fourth-order valence-electron chi connectivity index (χ4n) is 3.24. The Bertz CT molecular complexity index is 509. The minimum Gasteiger partial charge on any atom is -0.381 e. The Labute approximate surface area is 137 Å². The van der Waals surface area contributed by atoms with E-state index in [4.69, 9.17) is 9.47 Å². The van der Waals surface area contributed by atoms with Crippen LogP contribution in [-0.4, -0.2) is 45.4 Å². The van der Waals surface area contributed by atoms with Crippen molar-refractivity contribution in [1.29, 1.82) is 0 Å². The zero-order valence-electron chi connectivity index (χ0n) is 13.6. The molecular weight excluding hydrogens is 292 g/mol. The van der Waals surface area contributed by atoms with Gasteiger partial charge in [-0.3, -0.25) is 4.79 Å². The Morgan fingerprint density at radius 1 is 1.17 bits per heavy atom. The Balaban J connectivity index is 1.55. The number of carbonyl (C=O) groups excluding carboxylic acids is 1. The maximum atomic E-state index is 12.3. The number of anilines is 2. The molecule has 5 nitrogen and oxygen atoms in total. The van der Waals surface area contributed by atoms with E-state index in [1.165, 1.54) is 6.42 Å². The summed E-state index contributed by atoms with van der Waals surface area (Å²) < 4.78 is 10.9. The van der Waals surface area contributed by atoms with E-state index in [1.807, 2.05) is 18.2 Å². The van der Waals surface area contributed by atoms with Crippen LogP contribution in [0.25, 0.3) is 0 Å². The van der Waals surface area contributed by atoms with E-state index in [1.54, 1.807) is 0 Å². The minimum atomic E-state index is 0.0938. The van der Waals surface area contributed by atoms with Gasteiger partial charge in [-0.1, -0.05) is 12.1 Å². The summed E-state index contributed by atoms with van der Waals surface area (Å²) in [4.78, 5) is 14.6. The molecule has 2 saturated heterocycles. The summed E-state index contributed by atoms with van der Waals surface area (Å²) in [6.45, 7) is 4.89. The molecular formula is C18H26N2O3. The highest BCUT2D eigenvalue weighted by Crippen LogP contribution is 2.27. The van der Waals surface area contributed by atoms with Crippen molar-refractivity contribution in [2.75, 3.05) is 49.7 Å². The second-order valence-electron chi connectivity index (χ2n) is 6.29. The topological polar surface area (TPSA) is 50.8 Å². The van der Waals surface area contributed by atoms with Gasteiger partial charge in [0.25, 0.3) is 0 Å². The number of benzene rings is 1. The lowest BCUT2D eigenvalue weighted by molar-refractivity contribution is -0.116. The van der Waals surface area contributed by atoms with Crippen LogP contribution in [0.5, 0.6) is 0 Å². The molecule has 1 aromatic rings. The average Bonchev–Trinajstić information content (AvgIpc) is 2.62. The van der Waals surface area contributed by atoms with E-state index in [0.29, 0.717) is 12.3 Å². The van der Waals surface area contributed by atoms with Gasteiger partial charge in [-0.2, -0.15) is 0 Å². The molecule has 0 bridgehead atoms. The van der Waals surface area contributed by atoms with Crippen molar-refractivity contribution in [3.8, 4) is 0 Å². The third-order valence-corrected chi connectivity index (χ3v) is 4.56. The molecule has 3 rings (SSSR count). The van der Waals surface area contributed by atoms with E-state index >= 15 is 0 Å². The van der Waals surface area contributed by atoms with Crippen molar-refractivity contribution < 1.29 is 14.3 Å². The van der Waals surface area contributed by atoms with Crippen LogP contribution in [0.3, 0.4) is 0 Å². The number of morpholine rings is 1. The molecule has 1 atom stereocenters. The first kappa shape index (κ1) is 16.3. The predicted molar refractivity (Wildman–Crippen MR) is 90.9 cm³/mol. The number of rotatable bonds is 5. The molecule has 0 spiro atoms. The second-order valence-corrected chi connectivity index (χ2v) is 6.29. The zero-order chi connectivity index (χ0) is 15.9. The molecule has 0 aromatic heterocycles. The Kier molecular flexibility index (Phi) is 5.88. The van der Waals surface area contributed by atoms with Gasteiger partial charge in [0.1, 0.15) is 0 Å². The van der Waals surface area contributed by atoms with Gasteiger partial charge in [0.05, 0.1) is 24.6 Å². The highest BCUT2D eigenvalue weighted by molar-refractivity contribution is 5.94. The lowest BCUT2D eigenvalue weighted by Gasteiger charge is -2.30. The van der Waals surface area contributed by atoms with Crippen LogP contribution < -0.4 is 10.2 Å². The molecule has 1 unspecified atom stereocenters. The van der Waals surface area contributed by atoms with Gasteiger partial charge < -0.3 is 19.7 Å². The van der Waals surface area contributed by atoms with Crippen LogP contribution in [0.4, 0.5) is 11.4 Å². The molecule has 2 aliphatic heterocycles. The fraction of sp³-hybridized carbons (Fsp3) is 0.611. The number of hydrogen-bond donors (Lipinski definition) is 1. The molecule has 0 saturated carbocycles. The summed E-state index contributed by atoms with van der Waals surface area (Å²) in [6, 6.07) is 8.02. The molecule has 2 aliphatic rings. The Morgan fingerprint density at radius 3 is 2.78 bits per heavy atom. The van der Waals surface area contributed by atoms with E-state index < -0.39 is 0 Å². The molecule has 126 valence electrons. The number of amides is 1. The van der Waals surface area contributed by atoms with E-state index in [0.717, 1.165) is 63.7 Å². The largest absolute Gasteiger partial charge is 0.381 e. The van der Waals surface area contributed by atoms with Gasteiger partial charge in [0.2, 0.25) is 5.91 Å². The summed E-state index contributed by atoms with van der Waals surface area (Å²) in [6.07, 6.45) is 3.76. The van der Waals surface area contributed by atoms with Gasteiger partial charge >= 0.3 is 0 Å². The highest BCUT2D eigenvalue weighted by Gasteiger charge is 2.18. The van der Waals surface area contributed by atoms with Crippen molar-refractivity contribution in [3.63, 3.8) is 0 Å². The van der Waals surface area contributed by atoms with Crippen LogP contribution in [0.1, 0.15) is 25.7 Å². The van der Waals surface area contributed by atoms with E-state index in [-0.39, 0.29) is 5.91 Å². The molecule has 0 radical (unpaired) electrons. The molecule has 23 heavy (non-hydrogen) atoms. The van der Waals surface area contributed by atoms with Crippen molar-refractivity contribution in [2.45, 2.75) is 25.7 Å². The molecule has 2 heterocycles. The number of ether oxygens (including phenoxy) is 2. The van der Waals surface area contributed by atoms with Gasteiger partial charge in [-0.15, -0.1) is 0 Å². The van der Waals surface area contributed by atoms with Crippen molar-refractivity contribution in [3.05, 3.63) is 24.3 Å². The predicted octanol–water partition coefficient (Wildman–Crippen LogP) is 2.67. The summed E-state index contributed by atoms with van der Waals surface area (Å²) in [5.74, 6) is 0.625. The summed E-state index contributed by atoms with van der Waals surface area (Å²) in [7, 11) is 0. The maximum absolute atomic E-state index is 12.3. The van der Waals surface area contributed by atoms with Gasteiger partial charge in [-0.05, 0) is 37.3 Å². The molecule has 0 aliphatic carbocycles. The SMILES string of the molecule is O=C(CCC1CCCOC1)Nc1ccccc1N1CCOCC1. The average molecular weight is 318 g/mol. The normalized spacial score (nSPS) is 21.9. The lowest BCUT2D eigenvalue weighted by Crippen LogP contribution is -2.36. The smallest absolute Gasteiger partial charge is 0.224 e. The molecule has 1 N–H and O–H groups in total. The quantitative estimate of drug-likeness (QED) is 0.907. The third-order valence-electron chi connectivity index (χ3n) is 4.56. The van der Waals surface area contributed by atoms with Gasteiger partial charge in [0.15, 0.2) is 0 Å². The van der Waals surface area contributed by atoms with E-state index in [9.17, 15) is 4.79 Å². The van der Waals surface area contributed by atoms with Crippen LogP contribution in [0.2, 0.25) is 0 Å². The van der Waals surface area contributed by atoms with Crippen molar-refractivity contribution in [1.82, 2.24) is 0 Å². The maximum Gasteiger partial charge on any atom is 0.224 e. The van der Waals surface area contributed by atoms with Crippen LogP contribution in [-0.2, 0) is 14.3 Å². The number of hydrogen-bond acceptors (Lipinski definition) is 4. The van der Waals surface area contributed by atoms with Crippen LogP contribution >= 0.6 is 0 Å². The molecule has 5 heteroatoms. The third kappa shape index (κ3) is 4.69.